The number of nitrogens with one attached hydrogen (secondary N) is 2. The van der Waals surface area contributed by atoms with Crippen LogP contribution in [0.1, 0.15) is 64.7 Å². The van der Waals surface area contributed by atoms with Crippen molar-refractivity contribution < 1.29 is 8.42 Å². The standard InChI is InChI=1S/C19H38N4O2S/c1-3-20-18(21-13-10-16-26(2,24)25)22-17-19(11-6-4-7-12-19)23-14-8-5-9-15-23/h3-17H2,1-2H3,(H2,20,21,22). The molecule has 2 rings (SSSR count). The van der Waals surface area contributed by atoms with Crippen LogP contribution in [0.4, 0.5) is 0 Å². The minimum Gasteiger partial charge on any atom is -0.357 e. The monoisotopic (exact) mass is 386 g/mol. The summed E-state index contributed by atoms with van der Waals surface area (Å²) in [5.74, 6) is 1.04. The highest BCUT2D eigenvalue weighted by Crippen LogP contribution is 2.35. The largest absolute Gasteiger partial charge is 0.357 e. The summed E-state index contributed by atoms with van der Waals surface area (Å²) in [6.07, 6.45) is 12.4. The van der Waals surface area contributed by atoms with Crippen LogP contribution in [0.3, 0.4) is 0 Å². The van der Waals surface area contributed by atoms with E-state index in [0.29, 0.717) is 13.0 Å². The summed E-state index contributed by atoms with van der Waals surface area (Å²) in [6, 6.07) is 0. The molecule has 26 heavy (non-hydrogen) atoms. The second kappa shape index (κ2) is 10.5. The molecule has 6 nitrogen and oxygen atoms in total. The number of aliphatic imine (C=N–C) groups is 1. The van der Waals surface area contributed by atoms with Crippen molar-refractivity contribution in [3.05, 3.63) is 0 Å². The van der Waals surface area contributed by atoms with Crippen LogP contribution in [-0.2, 0) is 9.84 Å². The summed E-state index contributed by atoms with van der Waals surface area (Å²) in [6.45, 7) is 6.79. The summed E-state index contributed by atoms with van der Waals surface area (Å²) in [7, 11) is -2.90. The Kier molecular flexibility index (Phi) is 8.67. The lowest BCUT2D eigenvalue weighted by Gasteiger charge is -2.47. The fraction of sp³-hybridized carbons (Fsp3) is 0.947. The van der Waals surface area contributed by atoms with Crippen molar-refractivity contribution in [3.8, 4) is 0 Å². The highest BCUT2D eigenvalue weighted by molar-refractivity contribution is 7.90. The number of hydrogen-bond acceptors (Lipinski definition) is 4. The molecule has 2 N–H and O–H groups in total. The SMILES string of the molecule is CCNC(=NCC1(N2CCCCC2)CCCCC1)NCCCS(C)(=O)=O. The number of piperidine rings is 1. The lowest BCUT2D eigenvalue weighted by molar-refractivity contribution is 0.0407. The van der Waals surface area contributed by atoms with Crippen molar-refractivity contribution in [2.24, 2.45) is 4.99 Å². The summed E-state index contributed by atoms with van der Waals surface area (Å²) < 4.78 is 22.5. The van der Waals surface area contributed by atoms with Crippen molar-refractivity contribution in [2.45, 2.75) is 70.3 Å². The molecule has 0 amide bonds. The van der Waals surface area contributed by atoms with Gasteiger partial charge in [0.25, 0.3) is 0 Å². The molecule has 0 atom stereocenters. The lowest BCUT2D eigenvalue weighted by Crippen LogP contribution is -2.54. The molecule has 0 aromatic rings. The second-order valence-corrected chi connectivity index (χ2v) is 10.2. The molecule has 2 fully saturated rings. The molecule has 0 aromatic heterocycles. The molecule has 1 aliphatic carbocycles. The zero-order chi connectivity index (χ0) is 18.9. The summed E-state index contributed by atoms with van der Waals surface area (Å²) in [5, 5.41) is 6.62. The minimum atomic E-state index is -2.90. The fourth-order valence-electron chi connectivity index (χ4n) is 4.26. The van der Waals surface area contributed by atoms with E-state index in [4.69, 9.17) is 4.99 Å². The van der Waals surface area contributed by atoms with Gasteiger partial charge in [-0.25, -0.2) is 8.42 Å². The number of likely N-dealkylation sites (tertiary alicyclic amines) is 1. The van der Waals surface area contributed by atoms with Gasteiger partial charge in [0.05, 0.1) is 12.3 Å². The van der Waals surface area contributed by atoms with E-state index in [1.165, 1.54) is 70.7 Å². The average Bonchev–Trinajstić information content (AvgIpc) is 2.64. The molecular formula is C19H38N4O2S. The zero-order valence-corrected chi connectivity index (χ0v) is 17.5. The Morgan fingerprint density at radius 3 is 2.31 bits per heavy atom. The molecule has 0 aromatic carbocycles. The maximum Gasteiger partial charge on any atom is 0.191 e. The summed E-state index contributed by atoms with van der Waals surface area (Å²) in [4.78, 5) is 7.64. The molecule has 1 saturated carbocycles. The Hall–Kier alpha value is -0.820. The Morgan fingerprint density at radius 2 is 1.69 bits per heavy atom. The van der Waals surface area contributed by atoms with Gasteiger partial charge >= 0.3 is 0 Å². The third-order valence-electron chi connectivity index (χ3n) is 5.67. The van der Waals surface area contributed by atoms with E-state index in [-0.39, 0.29) is 11.3 Å². The van der Waals surface area contributed by atoms with Crippen LogP contribution in [0, 0.1) is 0 Å². The molecule has 7 heteroatoms. The van der Waals surface area contributed by atoms with Crippen molar-refractivity contribution in [1.82, 2.24) is 15.5 Å². The molecule has 1 heterocycles. The Balaban J connectivity index is 1.96. The molecule has 1 aliphatic heterocycles. The van der Waals surface area contributed by atoms with Gasteiger partial charge in [0, 0.05) is 24.9 Å². The molecule has 0 unspecified atom stereocenters. The molecule has 0 spiro atoms. The van der Waals surface area contributed by atoms with Crippen LogP contribution >= 0.6 is 0 Å². The van der Waals surface area contributed by atoms with Crippen molar-refractivity contribution >= 4 is 15.8 Å². The predicted octanol–water partition coefficient (Wildman–Crippen LogP) is 2.17. The van der Waals surface area contributed by atoms with E-state index in [9.17, 15) is 8.42 Å². The third-order valence-corrected chi connectivity index (χ3v) is 6.70. The summed E-state index contributed by atoms with van der Waals surface area (Å²) in [5.41, 5.74) is 0.230. The topological polar surface area (TPSA) is 73.8 Å². The van der Waals surface area contributed by atoms with Crippen LogP contribution in [-0.4, -0.2) is 69.5 Å². The summed E-state index contributed by atoms with van der Waals surface area (Å²) >= 11 is 0. The molecule has 0 bridgehead atoms. The number of hydrogen-bond donors (Lipinski definition) is 2. The van der Waals surface area contributed by atoms with E-state index >= 15 is 0 Å². The van der Waals surface area contributed by atoms with Crippen LogP contribution in [0.25, 0.3) is 0 Å². The predicted molar refractivity (Wildman–Crippen MR) is 110 cm³/mol. The first-order valence-corrected chi connectivity index (χ1v) is 12.5. The first kappa shape index (κ1) is 21.5. The van der Waals surface area contributed by atoms with Crippen molar-refractivity contribution in [2.75, 3.05) is 44.7 Å². The third kappa shape index (κ3) is 7.06. The Bertz CT molecular complexity index is 536. The van der Waals surface area contributed by atoms with Crippen LogP contribution < -0.4 is 10.6 Å². The maximum atomic E-state index is 11.3. The van der Waals surface area contributed by atoms with Gasteiger partial charge in [-0.2, -0.15) is 0 Å². The van der Waals surface area contributed by atoms with Gasteiger partial charge in [-0.3, -0.25) is 9.89 Å². The highest BCUT2D eigenvalue weighted by atomic mass is 32.2. The van der Waals surface area contributed by atoms with E-state index in [2.05, 4.69) is 22.5 Å². The normalized spacial score (nSPS) is 22.2. The van der Waals surface area contributed by atoms with Crippen LogP contribution in [0.15, 0.2) is 4.99 Å². The first-order chi connectivity index (χ1) is 12.5. The van der Waals surface area contributed by atoms with Gasteiger partial charge in [-0.15, -0.1) is 0 Å². The van der Waals surface area contributed by atoms with Gasteiger partial charge < -0.3 is 10.6 Å². The van der Waals surface area contributed by atoms with Gasteiger partial charge in [-0.1, -0.05) is 25.7 Å². The molecule has 1 saturated heterocycles. The average molecular weight is 387 g/mol. The van der Waals surface area contributed by atoms with E-state index in [1.54, 1.807) is 0 Å². The lowest BCUT2D eigenvalue weighted by atomic mass is 9.79. The number of rotatable bonds is 8. The molecule has 2 aliphatic rings. The van der Waals surface area contributed by atoms with Crippen molar-refractivity contribution in [1.29, 1.82) is 0 Å². The maximum absolute atomic E-state index is 11.3. The number of guanidine groups is 1. The van der Waals surface area contributed by atoms with Crippen LogP contribution in [0.2, 0.25) is 0 Å². The second-order valence-electron chi connectivity index (χ2n) is 7.94. The van der Waals surface area contributed by atoms with Gasteiger partial charge in [-0.05, 0) is 52.1 Å². The zero-order valence-electron chi connectivity index (χ0n) is 16.7. The molecule has 0 radical (unpaired) electrons. The van der Waals surface area contributed by atoms with E-state index < -0.39 is 9.84 Å². The fourth-order valence-corrected chi connectivity index (χ4v) is 4.93. The van der Waals surface area contributed by atoms with Crippen LogP contribution in [0.5, 0.6) is 0 Å². The highest BCUT2D eigenvalue weighted by Gasteiger charge is 2.38. The smallest absolute Gasteiger partial charge is 0.191 e. The molecular weight excluding hydrogens is 348 g/mol. The molecule has 152 valence electrons. The van der Waals surface area contributed by atoms with Gasteiger partial charge in [0.2, 0.25) is 0 Å². The Morgan fingerprint density at radius 1 is 1.04 bits per heavy atom. The number of sulfone groups is 1. The Labute approximate surface area is 160 Å². The van der Waals surface area contributed by atoms with Crippen molar-refractivity contribution in [3.63, 3.8) is 0 Å². The van der Waals surface area contributed by atoms with Gasteiger partial charge in [0.15, 0.2) is 5.96 Å². The van der Waals surface area contributed by atoms with E-state index in [1.807, 2.05) is 0 Å². The number of nitrogens with zero attached hydrogens (tertiary/aromatic N) is 2. The first-order valence-electron chi connectivity index (χ1n) is 10.4. The van der Waals surface area contributed by atoms with Gasteiger partial charge in [0.1, 0.15) is 9.84 Å². The minimum absolute atomic E-state index is 0.219. The quantitative estimate of drug-likeness (QED) is 0.380. The van der Waals surface area contributed by atoms with E-state index in [0.717, 1.165) is 19.0 Å².